The average molecular weight is 274 g/mol. The predicted octanol–water partition coefficient (Wildman–Crippen LogP) is 3.25. The van der Waals surface area contributed by atoms with Crippen LogP contribution in [0.4, 0.5) is 0 Å². The van der Waals surface area contributed by atoms with Gasteiger partial charge >= 0.3 is 5.97 Å². The zero-order valence-corrected chi connectivity index (χ0v) is 12.9. The quantitative estimate of drug-likeness (QED) is 0.480. The second-order valence-electron chi connectivity index (χ2n) is 5.77. The first-order valence-electron chi connectivity index (χ1n) is 6.91. The van der Waals surface area contributed by atoms with Crippen LogP contribution in [-0.2, 0) is 9.53 Å². The van der Waals surface area contributed by atoms with Gasteiger partial charge in [0.2, 0.25) is 0 Å². The molecule has 1 aromatic carbocycles. The van der Waals surface area contributed by atoms with Crippen molar-refractivity contribution in [1.29, 1.82) is 0 Å². The molecule has 0 radical (unpaired) electrons. The number of carbonyl (C=O) groups is 1. The molecule has 0 fully saturated rings. The van der Waals surface area contributed by atoms with Crippen molar-refractivity contribution in [2.45, 2.75) is 44.5 Å². The summed E-state index contributed by atoms with van der Waals surface area (Å²) in [6.45, 7) is 6.23. The summed E-state index contributed by atoms with van der Waals surface area (Å²) >= 11 is 0. The Kier molecular flexibility index (Phi) is 4.25. The molecule has 0 heterocycles. The lowest BCUT2D eigenvalue weighted by Crippen LogP contribution is -2.50. The number of esters is 1. The molecule has 2 rings (SSSR count). The Hall–Kier alpha value is -1.35. The highest BCUT2D eigenvalue weighted by Gasteiger charge is 2.39. The van der Waals surface area contributed by atoms with Gasteiger partial charge in [0, 0.05) is 12.5 Å². The molecule has 0 saturated heterocycles. The highest BCUT2D eigenvalue weighted by atomic mass is 28.3. The zero-order chi connectivity index (χ0) is 13.9. The first-order valence-corrected chi connectivity index (χ1v) is 9.99. The molecule has 2 atom stereocenters. The first-order chi connectivity index (χ1) is 9.01. The maximum absolute atomic E-state index is 11.3. The van der Waals surface area contributed by atoms with Gasteiger partial charge in [-0.05, 0) is 12.8 Å². The minimum Gasteiger partial charge on any atom is -0.462 e. The van der Waals surface area contributed by atoms with Crippen molar-refractivity contribution in [3.8, 4) is 0 Å². The van der Waals surface area contributed by atoms with Gasteiger partial charge in [-0.25, -0.2) is 0 Å². The van der Waals surface area contributed by atoms with Gasteiger partial charge in [0.15, 0.2) is 0 Å². The van der Waals surface area contributed by atoms with E-state index in [4.69, 9.17) is 4.74 Å². The molecule has 0 aromatic heterocycles. The summed E-state index contributed by atoms with van der Waals surface area (Å²) in [7, 11) is -1.67. The maximum Gasteiger partial charge on any atom is 0.302 e. The molecule has 1 aliphatic carbocycles. The number of hydrogen-bond donors (Lipinski definition) is 0. The zero-order valence-electron chi connectivity index (χ0n) is 11.9. The monoisotopic (exact) mass is 274 g/mol. The number of benzene rings is 1. The third kappa shape index (κ3) is 3.15. The van der Waals surface area contributed by atoms with Crippen LogP contribution < -0.4 is 5.19 Å². The van der Waals surface area contributed by atoms with Gasteiger partial charge in [-0.3, -0.25) is 4.79 Å². The van der Waals surface area contributed by atoms with Crippen LogP contribution in [0.25, 0.3) is 0 Å². The average Bonchev–Trinajstić information content (AvgIpc) is 2.39. The van der Waals surface area contributed by atoms with E-state index in [9.17, 15) is 4.79 Å². The van der Waals surface area contributed by atoms with E-state index in [1.807, 2.05) is 6.07 Å². The Morgan fingerprint density at radius 2 is 1.95 bits per heavy atom. The first kappa shape index (κ1) is 14.1. The minimum absolute atomic E-state index is 0.0457. The molecule has 2 nitrogen and oxygen atoms in total. The van der Waals surface area contributed by atoms with Crippen LogP contribution in [0.3, 0.4) is 0 Å². The second-order valence-corrected chi connectivity index (χ2v) is 10.5. The Morgan fingerprint density at radius 1 is 1.26 bits per heavy atom. The van der Waals surface area contributed by atoms with Crippen molar-refractivity contribution >= 4 is 19.2 Å². The summed E-state index contributed by atoms with van der Waals surface area (Å²) < 4.78 is 5.56. The smallest absolute Gasteiger partial charge is 0.302 e. The maximum atomic E-state index is 11.3. The number of allylic oxidation sites excluding steroid dienone is 1. The van der Waals surface area contributed by atoms with Crippen molar-refractivity contribution in [3.05, 3.63) is 42.5 Å². The van der Waals surface area contributed by atoms with Crippen molar-refractivity contribution in [3.63, 3.8) is 0 Å². The fraction of sp³-hybridized carbons (Fsp3) is 0.438. The molecule has 0 aliphatic heterocycles. The number of ether oxygens (including phenoxy) is 1. The Bertz CT molecular complexity index is 465. The van der Waals surface area contributed by atoms with Crippen LogP contribution in [0.1, 0.15) is 19.8 Å². The van der Waals surface area contributed by atoms with Gasteiger partial charge < -0.3 is 4.74 Å². The van der Waals surface area contributed by atoms with Crippen molar-refractivity contribution in [2.24, 2.45) is 0 Å². The van der Waals surface area contributed by atoms with Crippen LogP contribution >= 0.6 is 0 Å². The molecule has 0 saturated carbocycles. The molecule has 0 N–H and O–H groups in total. The van der Waals surface area contributed by atoms with Crippen LogP contribution in [-0.4, -0.2) is 20.1 Å². The second kappa shape index (κ2) is 5.74. The molecule has 1 aliphatic rings. The summed E-state index contributed by atoms with van der Waals surface area (Å²) in [4.78, 5) is 11.3. The predicted molar refractivity (Wildman–Crippen MR) is 81.2 cm³/mol. The van der Waals surface area contributed by atoms with Gasteiger partial charge in [0.25, 0.3) is 0 Å². The van der Waals surface area contributed by atoms with E-state index >= 15 is 0 Å². The molecule has 19 heavy (non-hydrogen) atoms. The van der Waals surface area contributed by atoms with Crippen LogP contribution in [0, 0.1) is 0 Å². The van der Waals surface area contributed by atoms with E-state index in [1.54, 1.807) is 0 Å². The minimum atomic E-state index is -1.67. The Labute approximate surface area is 116 Å². The van der Waals surface area contributed by atoms with E-state index in [1.165, 1.54) is 12.1 Å². The van der Waals surface area contributed by atoms with E-state index in [-0.39, 0.29) is 12.1 Å². The lowest BCUT2D eigenvalue weighted by Gasteiger charge is -2.38. The summed E-state index contributed by atoms with van der Waals surface area (Å²) in [5, 5.41) is 1.42. The summed E-state index contributed by atoms with van der Waals surface area (Å²) in [5.41, 5.74) is 0.368. The van der Waals surface area contributed by atoms with Crippen molar-refractivity contribution < 1.29 is 9.53 Å². The molecular formula is C16H22O2Si. The number of carbonyl (C=O) groups excluding carboxylic acids is 1. The van der Waals surface area contributed by atoms with Gasteiger partial charge in [0.05, 0.1) is 8.07 Å². The molecule has 1 aromatic rings. The largest absolute Gasteiger partial charge is 0.462 e. The van der Waals surface area contributed by atoms with Gasteiger partial charge in [-0.2, -0.15) is 0 Å². The normalized spacial score (nSPS) is 23.1. The standard InChI is InChI=1S/C16H22O2Si/c1-13(17)18-15-11-7-8-12-16(15)19(2,3)14-9-5-4-6-10-14/h4-6,8-10,12,15-16H,7,11H2,1-3H3/t15-,16+/m1/s1. The molecular weight excluding hydrogens is 252 g/mol. The van der Waals surface area contributed by atoms with Gasteiger partial charge in [-0.15, -0.1) is 0 Å². The lowest BCUT2D eigenvalue weighted by atomic mass is 10.0. The number of hydrogen-bond acceptors (Lipinski definition) is 2. The molecule has 3 heteroatoms. The van der Waals surface area contributed by atoms with E-state index in [0.29, 0.717) is 5.54 Å². The number of rotatable bonds is 3. The summed E-state index contributed by atoms with van der Waals surface area (Å²) in [6.07, 6.45) is 6.51. The fourth-order valence-electron chi connectivity index (χ4n) is 2.92. The Morgan fingerprint density at radius 3 is 2.58 bits per heavy atom. The summed E-state index contributed by atoms with van der Waals surface area (Å²) in [5.74, 6) is -0.164. The molecule has 0 unspecified atom stereocenters. The van der Waals surface area contributed by atoms with E-state index in [2.05, 4.69) is 49.5 Å². The molecule has 0 bridgehead atoms. The fourth-order valence-corrected chi connectivity index (χ4v) is 6.14. The summed E-state index contributed by atoms with van der Waals surface area (Å²) in [6, 6.07) is 10.7. The topological polar surface area (TPSA) is 26.3 Å². The van der Waals surface area contributed by atoms with Crippen molar-refractivity contribution in [1.82, 2.24) is 0 Å². The van der Waals surface area contributed by atoms with Crippen LogP contribution in [0.5, 0.6) is 0 Å². The highest BCUT2D eigenvalue weighted by molar-refractivity contribution is 6.91. The van der Waals surface area contributed by atoms with Crippen LogP contribution in [0.15, 0.2) is 42.5 Å². The van der Waals surface area contributed by atoms with Gasteiger partial charge in [-0.1, -0.05) is 60.8 Å². The third-order valence-corrected chi connectivity index (χ3v) is 8.08. The molecule has 0 spiro atoms. The lowest BCUT2D eigenvalue weighted by molar-refractivity contribution is -0.146. The third-order valence-electron chi connectivity index (χ3n) is 4.03. The van der Waals surface area contributed by atoms with Crippen molar-refractivity contribution in [2.75, 3.05) is 0 Å². The van der Waals surface area contributed by atoms with Gasteiger partial charge in [0.1, 0.15) is 6.10 Å². The Balaban J connectivity index is 2.28. The highest BCUT2D eigenvalue weighted by Crippen LogP contribution is 2.34. The van der Waals surface area contributed by atoms with Crippen LogP contribution in [0.2, 0.25) is 18.6 Å². The SMILES string of the molecule is CC(=O)O[C@@H]1CCC=C[C@@H]1[Si](C)(C)c1ccccc1. The molecule has 102 valence electrons. The molecule has 0 amide bonds. The van der Waals surface area contributed by atoms with E-state index < -0.39 is 8.07 Å². The van der Waals surface area contributed by atoms with E-state index in [0.717, 1.165) is 12.8 Å².